The minimum atomic E-state index is 0.0298. The molecule has 0 aromatic heterocycles. The molecule has 1 aromatic carbocycles. The predicted octanol–water partition coefficient (Wildman–Crippen LogP) is 6.51. The molecule has 0 saturated heterocycles. The van der Waals surface area contributed by atoms with Gasteiger partial charge in [-0.05, 0) is 30.7 Å². The Labute approximate surface area is 156 Å². The summed E-state index contributed by atoms with van der Waals surface area (Å²) < 4.78 is 0. The number of carbonyl (C=O) groups excluding carboxylic acids is 1. The van der Waals surface area contributed by atoms with Crippen LogP contribution >= 0.6 is 0 Å². The third kappa shape index (κ3) is 8.56. The summed E-state index contributed by atoms with van der Waals surface area (Å²) in [6.07, 6.45) is 7.63. The number of nitrogens with zero attached hydrogens (tertiary/aromatic N) is 1. The SMILES string of the molecule is CCCCC(CCCC)N(Cc1cccc(C)c1)C(=O)CC(C)(C)C. The summed E-state index contributed by atoms with van der Waals surface area (Å²) >= 11 is 0. The van der Waals surface area contributed by atoms with Crippen molar-refractivity contribution in [3.05, 3.63) is 35.4 Å². The van der Waals surface area contributed by atoms with E-state index in [-0.39, 0.29) is 5.41 Å². The standard InChI is InChI=1S/C23H39NO/c1-7-9-14-21(15-10-8-2)24(22(25)17-23(4,5)6)18-20-13-11-12-19(3)16-20/h11-13,16,21H,7-10,14-15,17-18H2,1-6H3. The van der Waals surface area contributed by atoms with Crippen molar-refractivity contribution in [2.75, 3.05) is 0 Å². The van der Waals surface area contributed by atoms with Crippen molar-refractivity contribution < 1.29 is 4.79 Å². The molecule has 0 heterocycles. The Kier molecular flexibility index (Phi) is 9.24. The molecule has 1 amide bonds. The van der Waals surface area contributed by atoms with Gasteiger partial charge in [0.05, 0.1) is 0 Å². The van der Waals surface area contributed by atoms with Crippen LogP contribution in [0.5, 0.6) is 0 Å². The minimum absolute atomic E-state index is 0.0298. The van der Waals surface area contributed by atoms with Gasteiger partial charge in [0, 0.05) is 19.0 Å². The molecule has 0 aliphatic rings. The molecular formula is C23H39NO. The van der Waals surface area contributed by atoms with E-state index in [9.17, 15) is 4.79 Å². The monoisotopic (exact) mass is 345 g/mol. The predicted molar refractivity (Wildman–Crippen MR) is 109 cm³/mol. The number of benzene rings is 1. The van der Waals surface area contributed by atoms with Crippen molar-refractivity contribution in [2.24, 2.45) is 5.41 Å². The second kappa shape index (κ2) is 10.6. The zero-order chi connectivity index (χ0) is 18.9. The van der Waals surface area contributed by atoms with Gasteiger partial charge in [-0.1, -0.05) is 90.1 Å². The molecule has 0 saturated carbocycles. The molecule has 0 aliphatic carbocycles. The van der Waals surface area contributed by atoms with E-state index in [0.29, 0.717) is 18.4 Å². The van der Waals surface area contributed by atoms with Crippen molar-refractivity contribution in [1.82, 2.24) is 4.90 Å². The molecule has 0 bridgehead atoms. The van der Waals surface area contributed by atoms with Gasteiger partial charge in [-0.15, -0.1) is 0 Å². The number of hydrogen-bond acceptors (Lipinski definition) is 1. The van der Waals surface area contributed by atoms with Gasteiger partial charge in [-0.2, -0.15) is 0 Å². The van der Waals surface area contributed by atoms with E-state index in [0.717, 1.165) is 19.4 Å². The largest absolute Gasteiger partial charge is 0.335 e. The molecule has 0 unspecified atom stereocenters. The fraction of sp³-hybridized carbons (Fsp3) is 0.696. The molecule has 0 spiro atoms. The first-order valence-electron chi connectivity index (χ1n) is 10.1. The molecule has 2 nitrogen and oxygen atoms in total. The summed E-state index contributed by atoms with van der Waals surface area (Å²) in [5, 5.41) is 0. The first kappa shape index (κ1) is 21.7. The summed E-state index contributed by atoms with van der Waals surface area (Å²) in [5.41, 5.74) is 2.54. The molecule has 25 heavy (non-hydrogen) atoms. The van der Waals surface area contributed by atoms with Gasteiger partial charge < -0.3 is 4.90 Å². The normalized spacial score (nSPS) is 11.8. The highest BCUT2D eigenvalue weighted by molar-refractivity contribution is 5.77. The zero-order valence-electron chi connectivity index (χ0n) is 17.4. The number of carbonyl (C=O) groups is 1. The maximum absolute atomic E-state index is 13.1. The zero-order valence-corrected chi connectivity index (χ0v) is 17.4. The topological polar surface area (TPSA) is 20.3 Å². The molecule has 2 heteroatoms. The van der Waals surface area contributed by atoms with Crippen LogP contribution < -0.4 is 0 Å². The third-order valence-electron chi connectivity index (χ3n) is 4.66. The van der Waals surface area contributed by atoms with Gasteiger partial charge in [0.2, 0.25) is 5.91 Å². The lowest BCUT2D eigenvalue weighted by Crippen LogP contribution is -2.41. The molecule has 0 fully saturated rings. The van der Waals surface area contributed by atoms with E-state index in [1.54, 1.807) is 0 Å². The van der Waals surface area contributed by atoms with Crippen LogP contribution in [-0.2, 0) is 11.3 Å². The van der Waals surface area contributed by atoms with E-state index < -0.39 is 0 Å². The summed E-state index contributed by atoms with van der Waals surface area (Å²) in [7, 11) is 0. The fourth-order valence-corrected chi connectivity index (χ4v) is 3.32. The smallest absolute Gasteiger partial charge is 0.223 e. The number of rotatable bonds is 10. The Bertz CT molecular complexity index is 507. The van der Waals surface area contributed by atoms with E-state index in [1.807, 2.05) is 0 Å². The van der Waals surface area contributed by atoms with Crippen molar-refractivity contribution >= 4 is 5.91 Å². The molecular weight excluding hydrogens is 306 g/mol. The van der Waals surface area contributed by atoms with Crippen LogP contribution in [0.3, 0.4) is 0 Å². The minimum Gasteiger partial charge on any atom is -0.335 e. The molecule has 0 atom stereocenters. The van der Waals surface area contributed by atoms with Crippen LogP contribution in [0, 0.1) is 12.3 Å². The Balaban J connectivity index is 3.02. The summed E-state index contributed by atoms with van der Waals surface area (Å²) in [6.45, 7) is 13.8. The Morgan fingerprint density at radius 3 is 2.16 bits per heavy atom. The van der Waals surface area contributed by atoms with E-state index >= 15 is 0 Å². The lowest BCUT2D eigenvalue weighted by molar-refractivity contribution is -0.136. The summed E-state index contributed by atoms with van der Waals surface area (Å²) in [6, 6.07) is 8.96. The molecule has 0 N–H and O–H groups in total. The van der Waals surface area contributed by atoms with Crippen LogP contribution in [-0.4, -0.2) is 16.8 Å². The van der Waals surface area contributed by atoms with Crippen LogP contribution in [0.4, 0.5) is 0 Å². The number of aryl methyl sites for hydroxylation is 1. The molecule has 0 aliphatic heterocycles. The Morgan fingerprint density at radius 2 is 1.68 bits per heavy atom. The highest BCUT2D eigenvalue weighted by Crippen LogP contribution is 2.25. The van der Waals surface area contributed by atoms with Gasteiger partial charge in [0.25, 0.3) is 0 Å². The van der Waals surface area contributed by atoms with Gasteiger partial charge in [0.15, 0.2) is 0 Å². The lowest BCUT2D eigenvalue weighted by atomic mass is 9.90. The summed E-state index contributed by atoms with van der Waals surface area (Å²) in [4.78, 5) is 15.3. The third-order valence-corrected chi connectivity index (χ3v) is 4.66. The molecule has 1 aromatic rings. The molecule has 142 valence electrons. The van der Waals surface area contributed by atoms with Crippen molar-refractivity contribution in [2.45, 2.75) is 99.1 Å². The number of unbranched alkanes of at least 4 members (excludes halogenated alkanes) is 2. The molecule has 1 rings (SSSR count). The van der Waals surface area contributed by atoms with E-state index in [4.69, 9.17) is 0 Å². The van der Waals surface area contributed by atoms with Gasteiger partial charge in [-0.3, -0.25) is 4.79 Å². The van der Waals surface area contributed by atoms with Crippen LogP contribution in [0.25, 0.3) is 0 Å². The van der Waals surface area contributed by atoms with Crippen LogP contribution in [0.2, 0.25) is 0 Å². The van der Waals surface area contributed by atoms with Gasteiger partial charge in [-0.25, -0.2) is 0 Å². The Hall–Kier alpha value is -1.31. The first-order chi connectivity index (χ1) is 11.8. The van der Waals surface area contributed by atoms with E-state index in [2.05, 4.69) is 70.7 Å². The van der Waals surface area contributed by atoms with Crippen LogP contribution in [0.1, 0.15) is 90.7 Å². The maximum atomic E-state index is 13.1. The number of hydrogen-bond donors (Lipinski definition) is 0. The number of amides is 1. The average Bonchev–Trinajstić information content (AvgIpc) is 2.51. The summed E-state index contributed by atoms with van der Waals surface area (Å²) in [5.74, 6) is 0.311. The van der Waals surface area contributed by atoms with Crippen molar-refractivity contribution in [3.63, 3.8) is 0 Å². The lowest BCUT2D eigenvalue weighted by Gasteiger charge is -2.34. The van der Waals surface area contributed by atoms with Gasteiger partial charge in [0.1, 0.15) is 0 Å². The Morgan fingerprint density at radius 1 is 1.08 bits per heavy atom. The van der Waals surface area contributed by atoms with Crippen LogP contribution in [0.15, 0.2) is 24.3 Å². The van der Waals surface area contributed by atoms with Crippen molar-refractivity contribution in [1.29, 1.82) is 0 Å². The fourth-order valence-electron chi connectivity index (χ4n) is 3.32. The van der Waals surface area contributed by atoms with Crippen molar-refractivity contribution in [3.8, 4) is 0 Å². The highest BCUT2D eigenvalue weighted by atomic mass is 16.2. The van der Waals surface area contributed by atoms with E-state index in [1.165, 1.54) is 36.8 Å². The molecule has 0 radical (unpaired) electrons. The highest BCUT2D eigenvalue weighted by Gasteiger charge is 2.26. The average molecular weight is 346 g/mol. The second-order valence-electron chi connectivity index (χ2n) is 8.69. The first-order valence-corrected chi connectivity index (χ1v) is 10.1. The van der Waals surface area contributed by atoms with Gasteiger partial charge >= 0.3 is 0 Å². The maximum Gasteiger partial charge on any atom is 0.223 e. The second-order valence-corrected chi connectivity index (χ2v) is 8.69. The quantitative estimate of drug-likeness (QED) is 0.473.